The van der Waals surface area contributed by atoms with E-state index in [1.165, 1.54) is 4.88 Å². The first kappa shape index (κ1) is 16.9. The number of amides is 1. The molecule has 0 bridgehead atoms. The SMILES string of the molecule is Cc1ncsc1C(C)NCCN(C)C(=O)OC(C)(C)C. The van der Waals surface area contributed by atoms with E-state index in [1.807, 2.05) is 33.2 Å². The molecule has 0 aliphatic rings. The van der Waals surface area contributed by atoms with Crippen molar-refractivity contribution in [2.24, 2.45) is 0 Å². The van der Waals surface area contributed by atoms with Crippen LogP contribution in [0, 0.1) is 6.92 Å². The minimum atomic E-state index is -0.453. The summed E-state index contributed by atoms with van der Waals surface area (Å²) in [5, 5.41) is 3.40. The Morgan fingerprint density at radius 3 is 2.70 bits per heavy atom. The summed E-state index contributed by atoms with van der Waals surface area (Å²) < 4.78 is 5.30. The summed E-state index contributed by atoms with van der Waals surface area (Å²) >= 11 is 1.65. The summed E-state index contributed by atoms with van der Waals surface area (Å²) in [6.45, 7) is 11.0. The van der Waals surface area contributed by atoms with Crippen molar-refractivity contribution in [3.8, 4) is 0 Å². The summed E-state index contributed by atoms with van der Waals surface area (Å²) in [5.74, 6) is 0. The molecule has 0 saturated heterocycles. The van der Waals surface area contributed by atoms with Gasteiger partial charge in [0.25, 0.3) is 0 Å². The van der Waals surface area contributed by atoms with Crippen LogP contribution in [-0.2, 0) is 4.74 Å². The van der Waals surface area contributed by atoms with Crippen LogP contribution in [0.3, 0.4) is 0 Å². The van der Waals surface area contributed by atoms with Gasteiger partial charge < -0.3 is 15.0 Å². The molecule has 1 unspecified atom stereocenters. The highest BCUT2D eigenvalue weighted by molar-refractivity contribution is 7.09. The number of aromatic nitrogens is 1. The molecule has 0 spiro atoms. The summed E-state index contributed by atoms with van der Waals surface area (Å²) in [4.78, 5) is 18.9. The molecule has 1 heterocycles. The largest absolute Gasteiger partial charge is 0.444 e. The van der Waals surface area contributed by atoms with Gasteiger partial charge in [0.05, 0.1) is 11.2 Å². The molecule has 0 aliphatic heterocycles. The van der Waals surface area contributed by atoms with Crippen molar-refractivity contribution in [3.05, 3.63) is 16.1 Å². The standard InChI is InChI=1S/C14H25N3O2S/c1-10(12-11(2)16-9-20-12)15-7-8-17(6)13(18)19-14(3,4)5/h9-10,15H,7-8H2,1-6H3. The van der Waals surface area contributed by atoms with E-state index in [1.54, 1.807) is 23.3 Å². The fraction of sp³-hybridized carbons (Fsp3) is 0.714. The fourth-order valence-corrected chi connectivity index (χ4v) is 2.53. The van der Waals surface area contributed by atoms with Crippen LogP contribution in [0.4, 0.5) is 4.79 Å². The van der Waals surface area contributed by atoms with Gasteiger partial charge in [-0.15, -0.1) is 11.3 Å². The summed E-state index contributed by atoms with van der Waals surface area (Å²) in [5.41, 5.74) is 2.47. The Labute approximate surface area is 125 Å². The van der Waals surface area contributed by atoms with Gasteiger partial charge in [-0.25, -0.2) is 9.78 Å². The number of aryl methyl sites for hydroxylation is 1. The van der Waals surface area contributed by atoms with Gasteiger partial charge >= 0.3 is 6.09 Å². The maximum atomic E-state index is 11.8. The van der Waals surface area contributed by atoms with E-state index in [0.29, 0.717) is 13.1 Å². The van der Waals surface area contributed by atoms with Gasteiger partial charge in [0.15, 0.2) is 0 Å². The van der Waals surface area contributed by atoms with Crippen LogP contribution in [0.15, 0.2) is 5.51 Å². The molecular weight excluding hydrogens is 274 g/mol. The van der Waals surface area contributed by atoms with Gasteiger partial charge in [0.1, 0.15) is 5.60 Å². The van der Waals surface area contributed by atoms with Gasteiger partial charge in [0, 0.05) is 31.1 Å². The van der Waals surface area contributed by atoms with E-state index in [2.05, 4.69) is 17.2 Å². The van der Waals surface area contributed by atoms with E-state index in [-0.39, 0.29) is 12.1 Å². The van der Waals surface area contributed by atoms with Crippen LogP contribution in [-0.4, -0.2) is 41.7 Å². The molecule has 1 atom stereocenters. The highest BCUT2D eigenvalue weighted by atomic mass is 32.1. The predicted molar refractivity (Wildman–Crippen MR) is 82.1 cm³/mol. The van der Waals surface area contributed by atoms with Gasteiger partial charge in [0.2, 0.25) is 0 Å². The third-order valence-electron chi connectivity index (χ3n) is 2.78. The van der Waals surface area contributed by atoms with Crippen LogP contribution in [0.2, 0.25) is 0 Å². The lowest BCUT2D eigenvalue weighted by atomic mass is 10.2. The molecule has 0 radical (unpaired) electrons. The van der Waals surface area contributed by atoms with E-state index in [4.69, 9.17) is 4.74 Å². The zero-order chi connectivity index (χ0) is 15.3. The molecule has 0 fully saturated rings. The lowest BCUT2D eigenvalue weighted by Crippen LogP contribution is -2.38. The Morgan fingerprint density at radius 2 is 2.20 bits per heavy atom. The molecule has 0 aromatic carbocycles. The lowest BCUT2D eigenvalue weighted by Gasteiger charge is -2.25. The van der Waals surface area contributed by atoms with Gasteiger partial charge in [-0.05, 0) is 34.6 Å². The Balaban J connectivity index is 2.33. The normalized spacial score (nSPS) is 13.1. The number of rotatable bonds is 5. The first-order valence-electron chi connectivity index (χ1n) is 6.78. The number of nitrogens with zero attached hydrogens (tertiary/aromatic N) is 2. The van der Waals surface area contributed by atoms with Gasteiger partial charge in [-0.2, -0.15) is 0 Å². The number of hydrogen-bond acceptors (Lipinski definition) is 5. The number of nitrogens with one attached hydrogen (secondary N) is 1. The highest BCUT2D eigenvalue weighted by Crippen LogP contribution is 2.20. The van der Waals surface area contributed by atoms with Crippen molar-refractivity contribution in [2.75, 3.05) is 20.1 Å². The first-order valence-corrected chi connectivity index (χ1v) is 7.66. The lowest BCUT2D eigenvalue weighted by molar-refractivity contribution is 0.0299. The zero-order valence-electron chi connectivity index (χ0n) is 13.2. The van der Waals surface area contributed by atoms with Crippen LogP contribution in [0.5, 0.6) is 0 Å². The number of thiazole rings is 1. The molecule has 114 valence electrons. The van der Waals surface area contributed by atoms with Crippen molar-refractivity contribution < 1.29 is 9.53 Å². The van der Waals surface area contributed by atoms with Crippen molar-refractivity contribution >= 4 is 17.4 Å². The quantitative estimate of drug-likeness (QED) is 0.908. The second kappa shape index (κ2) is 7.04. The summed E-state index contributed by atoms with van der Waals surface area (Å²) in [7, 11) is 1.75. The predicted octanol–water partition coefficient (Wildman–Crippen LogP) is 2.97. The zero-order valence-corrected chi connectivity index (χ0v) is 14.0. The molecule has 6 heteroatoms. The second-order valence-electron chi connectivity index (χ2n) is 5.88. The molecule has 0 saturated carbocycles. The third kappa shape index (κ3) is 5.46. The molecule has 5 nitrogen and oxygen atoms in total. The number of carbonyl (C=O) groups is 1. The topological polar surface area (TPSA) is 54.5 Å². The number of carbonyl (C=O) groups excluding carboxylic acids is 1. The number of likely N-dealkylation sites (N-methyl/N-ethyl adjacent to an activating group) is 1. The monoisotopic (exact) mass is 299 g/mol. The average molecular weight is 299 g/mol. The Bertz CT molecular complexity index is 440. The van der Waals surface area contributed by atoms with E-state index < -0.39 is 5.60 Å². The Hall–Kier alpha value is -1.14. The molecular formula is C14H25N3O2S. The minimum absolute atomic E-state index is 0.245. The van der Waals surface area contributed by atoms with E-state index >= 15 is 0 Å². The van der Waals surface area contributed by atoms with Crippen LogP contribution in [0.1, 0.15) is 44.3 Å². The van der Waals surface area contributed by atoms with Crippen LogP contribution in [0.25, 0.3) is 0 Å². The Morgan fingerprint density at radius 1 is 1.55 bits per heavy atom. The molecule has 1 aromatic rings. The molecule has 20 heavy (non-hydrogen) atoms. The second-order valence-corrected chi connectivity index (χ2v) is 6.77. The van der Waals surface area contributed by atoms with Crippen molar-refractivity contribution in [1.29, 1.82) is 0 Å². The van der Waals surface area contributed by atoms with Crippen LogP contribution < -0.4 is 5.32 Å². The average Bonchev–Trinajstić information content (AvgIpc) is 2.72. The van der Waals surface area contributed by atoms with Crippen molar-refractivity contribution in [1.82, 2.24) is 15.2 Å². The molecule has 1 rings (SSSR count). The van der Waals surface area contributed by atoms with Crippen LogP contribution >= 0.6 is 11.3 Å². The number of ether oxygens (including phenoxy) is 1. The maximum Gasteiger partial charge on any atom is 0.410 e. The van der Waals surface area contributed by atoms with Crippen molar-refractivity contribution in [2.45, 2.75) is 46.3 Å². The summed E-state index contributed by atoms with van der Waals surface area (Å²) in [6, 6.07) is 0.245. The molecule has 0 aliphatic carbocycles. The smallest absolute Gasteiger partial charge is 0.410 e. The summed E-state index contributed by atoms with van der Waals surface area (Å²) in [6.07, 6.45) is -0.291. The first-order chi connectivity index (χ1) is 9.20. The van der Waals surface area contributed by atoms with E-state index in [9.17, 15) is 4.79 Å². The fourth-order valence-electron chi connectivity index (χ4n) is 1.70. The molecule has 1 N–H and O–H groups in total. The molecule has 1 amide bonds. The van der Waals surface area contributed by atoms with E-state index in [0.717, 1.165) is 5.69 Å². The third-order valence-corrected chi connectivity index (χ3v) is 3.89. The van der Waals surface area contributed by atoms with Gasteiger partial charge in [-0.1, -0.05) is 0 Å². The van der Waals surface area contributed by atoms with Crippen molar-refractivity contribution in [3.63, 3.8) is 0 Å². The minimum Gasteiger partial charge on any atom is -0.444 e. The highest BCUT2D eigenvalue weighted by Gasteiger charge is 2.19. The number of hydrogen-bond donors (Lipinski definition) is 1. The molecule has 1 aromatic heterocycles. The maximum absolute atomic E-state index is 11.8. The Kier molecular flexibility index (Phi) is 5.95. The van der Waals surface area contributed by atoms with Gasteiger partial charge in [-0.3, -0.25) is 0 Å².